The predicted octanol–water partition coefficient (Wildman–Crippen LogP) is 2.75. The molecule has 0 unspecified atom stereocenters. The standard InChI is InChI=1S/C12H22FNO/c1-5-14-7-6-11(8-13)12(14)10(4)15-9(2)3/h8-10,12H,5-7H2,1-4H3/b11-8-/t10-,12+/m0/s1. The average Bonchev–Trinajstić information content (AvgIpc) is 2.58. The second-order valence-corrected chi connectivity index (χ2v) is 4.40. The molecule has 2 nitrogen and oxygen atoms in total. The van der Waals surface area contributed by atoms with Crippen LogP contribution in [0.1, 0.15) is 34.1 Å². The van der Waals surface area contributed by atoms with Gasteiger partial charge in [-0.15, -0.1) is 0 Å². The van der Waals surface area contributed by atoms with Crippen molar-refractivity contribution >= 4 is 0 Å². The van der Waals surface area contributed by atoms with Crippen molar-refractivity contribution < 1.29 is 9.13 Å². The highest BCUT2D eigenvalue weighted by atomic mass is 19.1. The maximum Gasteiger partial charge on any atom is 0.0876 e. The summed E-state index contributed by atoms with van der Waals surface area (Å²) in [5.74, 6) is 0. The van der Waals surface area contributed by atoms with Crippen molar-refractivity contribution in [2.45, 2.75) is 52.4 Å². The molecule has 0 aromatic carbocycles. The molecule has 0 spiro atoms. The fourth-order valence-electron chi connectivity index (χ4n) is 2.37. The number of likely N-dealkylation sites (tertiary alicyclic amines) is 1. The molecule has 1 fully saturated rings. The van der Waals surface area contributed by atoms with Crippen molar-refractivity contribution in [2.75, 3.05) is 13.1 Å². The van der Waals surface area contributed by atoms with Crippen LogP contribution in [0.4, 0.5) is 4.39 Å². The van der Waals surface area contributed by atoms with Crippen LogP contribution in [0.5, 0.6) is 0 Å². The molecule has 0 amide bonds. The summed E-state index contributed by atoms with van der Waals surface area (Å²) in [6, 6.07) is 0.127. The fourth-order valence-corrected chi connectivity index (χ4v) is 2.37. The van der Waals surface area contributed by atoms with Gasteiger partial charge in [0, 0.05) is 6.54 Å². The minimum atomic E-state index is 0.0643. The van der Waals surface area contributed by atoms with Gasteiger partial charge < -0.3 is 4.74 Å². The second-order valence-electron chi connectivity index (χ2n) is 4.40. The van der Waals surface area contributed by atoms with Gasteiger partial charge in [0.1, 0.15) is 0 Å². The third-order valence-corrected chi connectivity index (χ3v) is 2.94. The Balaban J connectivity index is 2.69. The Labute approximate surface area is 92.1 Å². The van der Waals surface area contributed by atoms with E-state index < -0.39 is 0 Å². The van der Waals surface area contributed by atoms with Crippen LogP contribution >= 0.6 is 0 Å². The Morgan fingerprint density at radius 1 is 1.53 bits per heavy atom. The van der Waals surface area contributed by atoms with Crippen molar-refractivity contribution in [1.82, 2.24) is 4.90 Å². The van der Waals surface area contributed by atoms with E-state index in [4.69, 9.17) is 4.74 Å². The first-order chi connectivity index (χ1) is 7.10. The van der Waals surface area contributed by atoms with E-state index in [1.54, 1.807) is 0 Å². The van der Waals surface area contributed by atoms with Gasteiger partial charge in [-0.2, -0.15) is 0 Å². The minimum Gasteiger partial charge on any atom is -0.374 e. The molecular formula is C12H22FNO. The third kappa shape index (κ3) is 3.02. The molecule has 2 atom stereocenters. The van der Waals surface area contributed by atoms with Crippen LogP contribution < -0.4 is 0 Å². The van der Waals surface area contributed by atoms with Crippen molar-refractivity contribution in [3.63, 3.8) is 0 Å². The summed E-state index contributed by atoms with van der Waals surface area (Å²) < 4.78 is 18.5. The van der Waals surface area contributed by atoms with Crippen molar-refractivity contribution in [1.29, 1.82) is 0 Å². The van der Waals surface area contributed by atoms with E-state index in [0.29, 0.717) is 0 Å². The first kappa shape index (κ1) is 12.7. The van der Waals surface area contributed by atoms with Gasteiger partial charge in [-0.3, -0.25) is 4.90 Å². The number of halogens is 1. The Hall–Kier alpha value is -0.410. The first-order valence-corrected chi connectivity index (χ1v) is 5.78. The molecular weight excluding hydrogens is 193 g/mol. The molecule has 1 saturated heterocycles. The van der Waals surface area contributed by atoms with Crippen LogP contribution in [0.25, 0.3) is 0 Å². The molecule has 1 rings (SSSR count). The average molecular weight is 215 g/mol. The zero-order valence-electron chi connectivity index (χ0n) is 10.2. The maximum atomic E-state index is 12.7. The SMILES string of the molecule is CCN1CC/C(=C/F)[C@H]1[C@H](C)OC(C)C. The van der Waals surface area contributed by atoms with Crippen LogP contribution in [-0.2, 0) is 4.74 Å². The minimum absolute atomic E-state index is 0.0643. The molecule has 0 bridgehead atoms. The third-order valence-electron chi connectivity index (χ3n) is 2.94. The largest absolute Gasteiger partial charge is 0.374 e. The Morgan fingerprint density at radius 3 is 2.67 bits per heavy atom. The zero-order valence-corrected chi connectivity index (χ0v) is 10.2. The molecule has 0 radical (unpaired) electrons. The van der Waals surface area contributed by atoms with Gasteiger partial charge >= 0.3 is 0 Å². The van der Waals surface area contributed by atoms with Gasteiger partial charge in [0.25, 0.3) is 0 Å². The summed E-state index contributed by atoms with van der Waals surface area (Å²) in [7, 11) is 0. The number of nitrogens with zero attached hydrogens (tertiary/aromatic N) is 1. The first-order valence-electron chi connectivity index (χ1n) is 5.78. The summed E-state index contributed by atoms with van der Waals surface area (Å²) in [5, 5.41) is 0. The second kappa shape index (κ2) is 5.61. The van der Waals surface area contributed by atoms with Crippen molar-refractivity contribution in [3.05, 3.63) is 11.9 Å². The molecule has 0 saturated carbocycles. The number of hydrogen-bond acceptors (Lipinski definition) is 2. The lowest BCUT2D eigenvalue weighted by Crippen LogP contribution is -2.40. The van der Waals surface area contributed by atoms with E-state index in [9.17, 15) is 4.39 Å². The highest BCUT2D eigenvalue weighted by molar-refractivity contribution is 5.16. The molecule has 0 aromatic rings. The topological polar surface area (TPSA) is 12.5 Å². The lowest BCUT2D eigenvalue weighted by atomic mass is 10.0. The van der Waals surface area contributed by atoms with Gasteiger partial charge in [-0.1, -0.05) is 6.92 Å². The van der Waals surface area contributed by atoms with Gasteiger partial charge in [-0.05, 0) is 39.3 Å². The van der Waals surface area contributed by atoms with E-state index in [0.717, 1.165) is 31.4 Å². The summed E-state index contributed by atoms with van der Waals surface area (Å²) in [4.78, 5) is 2.28. The Kier molecular flexibility index (Phi) is 4.74. The molecule has 88 valence electrons. The van der Waals surface area contributed by atoms with Gasteiger partial charge in [0.05, 0.1) is 24.6 Å². The van der Waals surface area contributed by atoms with E-state index in [-0.39, 0.29) is 18.2 Å². The highest BCUT2D eigenvalue weighted by Gasteiger charge is 2.33. The maximum absolute atomic E-state index is 12.7. The van der Waals surface area contributed by atoms with Crippen LogP contribution in [0.3, 0.4) is 0 Å². The number of ether oxygens (including phenoxy) is 1. The molecule has 1 heterocycles. The molecule has 3 heteroatoms. The Morgan fingerprint density at radius 2 is 2.20 bits per heavy atom. The molecule has 15 heavy (non-hydrogen) atoms. The Bertz CT molecular complexity index is 228. The molecule has 0 aliphatic carbocycles. The highest BCUT2D eigenvalue weighted by Crippen LogP contribution is 2.27. The fraction of sp³-hybridized carbons (Fsp3) is 0.833. The van der Waals surface area contributed by atoms with Crippen LogP contribution in [-0.4, -0.2) is 36.2 Å². The van der Waals surface area contributed by atoms with E-state index in [1.807, 2.05) is 20.8 Å². The van der Waals surface area contributed by atoms with Crippen molar-refractivity contribution in [3.8, 4) is 0 Å². The van der Waals surface area contributed by atoms with Crippen LogP contribution in [0.15, 0.2) is 11.9 Å². The molecule has 0 N–H and O–H groups in total. The lowest BCUT2D eigenvalue weighted by Gasteiger charge is -2.30. The van der Waals surface area contributed by atoms with Gasteiger partial charge in [0.2, 0.25) is 0 Å². The number of likely N-dealkylation sites (N-methyl/N-ethyl adjacent to an activating group) is 1. The summed E-state index contributed by atoms with van der Waals surface area (Å²) in [5.41, 5.74) is 0.880. The summed E-state index contributed by atoms with van der Waals surface area (Å²) in [6.45, 7) is 10.1. The van der Waals surface area contributed by atoms with Crippen LogP contribution in [0.2, 0.25) is 0 Å². The summed E-state index contributed by atoms with van der Waals surface area (Å²) in [6.07, 6.45) is 1.86. The van der Waals surface area contributed by atoms with Gasteiger partial charge in [-0.25, -0.2) is 4.39 Å². The summed E-state index contributed by atoms with van der Waals surface area (Å²) >= 11 is 0. The molecule has 0 aromatic heterocycles. The van der Waals surface area contributed by atoms with Crippen molar-refractivity contribution in [2.24, 2.45) is 0 Å². The van der Waals surface area contributed by atoms with E-state index >= 15 is 0 Å². The molecule has 1 aliphatic rings. The molecule has 1 aliphatic heterocycles. The zero-order chi connectivity index (χ0) is 11.4. The quantitative estimate of drug-likeness (QED) is 0.715. The smallest absolute Gasteiger partial charge is 0.0876 e. The number of hydrogen-bond donors (Lipinski definition) is 0. The van der Waals surface area contributed by atoms with E-state index in [1.165, 1.54) is 0 Å². The normalized spacial score (nSPS) is 27.9. The number of rotatable bonds is 4. The van der Waals surface area contributed by atoms with Crippen LogP contribution in [0, 0.1) is 0 Å². The monoisotopic (exact) mass is 215 g/mol. The van der Waals surface area contributed by atoms with Gasteiger partial charge in [0.15, 0.2) is 0 Å². The predicted molar refractivity (Wildman–Crippen MR) is 60.5 cm³/mol. The van der Waals surface area contributed by atoms with E-state index in [2.05, 4.69) is 11.8 Å². The lowest BCUT2D eigenvalue weighted by molar-refractivity contribution is -0.0163.